The average Bonchev–Trinajstić information content (AvgIpc) is 2.70. The fourth-order valence-electron chi connectivity index (χ4n) is 2.65. The van der Waals surface area contributed by atoms with Gasteiger partial charge in [0.05, 0.1) is 12.2 Å². The smallest absolute Gasteiger partial charge is 0.344 e. The third-order valence-electron chi connectivity index (χ3n) is 4.08. The molecular weight excluding hydrogens is 376 g/mol. The molecule has 0 amide bonds. The van der Waals surface area contributed by atoms with Crippen molar-refractivity contribution in [3.63, 3.8) is 0 Å². The first kappa shape index (κ1) is 21.9. The zero-order chi connectivity index (χ0) is 21.2. The lowest BCUT2D eigenvalue weighted by Crippen LogP contribution is -2.28. The van der Waals surface area contributed by atoms with Gasteiger partial charge in [-0.2, -0.15) is 0 Å². The maximum atomic E-state index is 11.9. The van der Waals surface area contributed by atoms with E-state index in [1.165, 1.54) is 25.1 Å². The fourth-order valence-corrected chi connectivity index (χ4v) is 2.65. The first-order chi connectivity index (χ1) is 13.9. The molecule has 1 atom stereocenters. The van der Waals surface area contributed by atoms with Crippen molar-refractivity contribution in [3.8, 4) is 11.5 Å². The Balaban J connectivity index is 2.15. The maximum Gasteiger partial charge on any atom is 0.344 e. The predicted molar refractivity (Wildman–Crippen MR) is 105 cm³/mol. The van der Waals surface area contributed by atoms with Gasteiger partial charge in [0.1, 0.15) is 11.5 Å². The molecule has 0 spiro atoms. The van der Waals surface area contributed by atoms with E-state index in [-0.39, 0.29) is 42.5 Å². The number of aryl methyl sites for hydroxylation is 1. The van der Waals surface area contributed by atoms with Crippen molar-refractivity contribution in [3.05, 3.63) is 59.7 Å². The third kappa shape index (κ3) is 6.95. The van der Waals surface area contributed by atoms with Gasteiger partial charge < -0.3 is 19.3 Å². The van der Waals surface area contributed by atoms with Crippen LogP contribution in [0.4, 0.5) is 0 Å². The molecule has 2 rings (SSSR count). The number of carbonyl (C=O) groups is 3. The molecule has 7 heteroatoms. The van der Waals surface area contributed by atoms with Crippen LogP contribution in [0.2, 0.25) is 0 Å². The van der Waals surface area contributed by atoms with Gasteiger partial charge in [-0.3, -0.25) is 4.79 Å². The van der Waals surface area contributed by atoms with E-state index in [0.717, 1.165) is 5.56 Å². The van der Waals surface area contributed by atoms with Crippen molar-refractivity contribution in [2.75, 3.05) is 13.2 Å². The summed E-state index contributed by atoms with van der Waals surface area (Å²) in [6, 6.07) is 13.9. The van der Waals surface area contributed by atoms with Crippen LogP contribution < -0.4 is 9.47 Å². The van der Waals surface area contributed by atoms with Gasteiger partial charge >= 0.3 is 11.9 Å². The average molecular weight is 400 g/mol. The number of ketones is 1. The summed E-state index contributed by atoms with van der Waals surface area (Å²) in [6.07, 6.45) is -0.412. The highest BCUT2D eigenvalue weighted by Gasteiger charge is 2.22. The van der Waals surface area contributed by atoms with E-state index in [0.29, 0.717) is 6.42 Å². The quantitative estimate of drug-likeness (QED) is 0.456. The number of carboxylic acid groups (broad SMARTS) is 1. The van der Waals surface area contributed by atoms with E-state index in [4.69, 9.17) is 14.2 Å². The van der Waals surface area contributed by atoms with E-state index in [1.54, 1.807) is 6.92 Å². The molecular formula is C22H24O7. The molecule has 29 heavy (non-hydrogen) atoms. The van der Waals surface area contributed by atoms with Crippen LogP contribution in [0.5, 0.6) is 11.5 Å². The number of hydrogen-bond acceptors (Lipinski definition) is 6. The molecule has 0 heterocycles. The monoisotopic (exact) mass is 400 g/mol. The molecule has 0 saturated heterocycles. The van der Waals surface area contributed by atoms with E-state index < -0.39 is 18.0 Å². The molecule has 154 valence electrons. The predicted octanol–water partition coefficient (Wildman–Crippen LogP) is 3.30. The highest BCUT2D eigenvalue weighted by atomic mass is 16.6. The number of carboxylic acids is 1. The first-order valence-electron chi connectivity index (χ1n) is 9.27. The molecule has 1 unspecified atom stereocenters. The lowest BCUT2D eigenvalue weighted by Gasteiger charge is -2.18. The van der Waals surface area contributed by atoms with Gasteiger partial charge in [0.25, 0.3) is 0 Å². The summed E-state index contributed by atoms with van der Waals surface area (Å²) in [4.78, 5) is 35.0. The van der Waals surface area contributed by atoms with Gasteiger partial charge in [0, 0.05) is 6.07 Å². The molecule has 0 aliphatic rings. The molecule has 2 aromatic rings. The Morgan fingerprint density at radius 3 is 2.41 bits per heavy atom. The largest absolute Gasteiger partial charge is 0.482 e. The molecule has 0 radical (unpaired) electrons. The van der Waals surface area contributed by atoms with Crippen molar-refractivity contribution in [2.45, 2.75) is 32.8 Å². The Morgan fingerprint density at radius 1 is 1.07 bits per heavy atom. The Kier molecular flexibility index (Phi) is 8.21. The Hall–Kier alpha value is -3.35. The van der Waals surface area contributed by atoms with Crippen molar-refractivity contribution >= 4 is 17.7 Å². The molecule has 2 aromatic carbocycles. The van der Waals surface area contributed by atoms with Crippen molar-refractivity contribution in [1.82, 2.24) is 0 Å². The van der Waals surface area contributed by atoms with Crippen molar-refractivity contribution in [2.24, 2.45) is 0 Å². The zero-order valence-electron chi connectivity index (χ0n) is 16.4. The number of rotatable bonds is 11. The van der Waals surface area contributed by atoms with Crippen LogP contribution in [0.3, 0.4) is 0 Å². The number of aliphatic carboxylic acids is 1. The Labute approximate surface area is 169 Å². The van der Waals surface area contributed by atoms with Gasteiger partial charge in [-0.1, -0.05) is 30.3 Å². The second kappa shape index (κ2) is 10.8. The van der Waals surface area contributed by atoms with E-state index >= 15 is 0 Å². The number of ether oxygens (including phenoxy) is 3. The van der Waals surface area contributed by atoms with Crippen LogP contribution in [0, 0.1) is 0 Å². The van der Waals surface area contributed by atoms with Crippen LogP contribution in [0.25, 0.3) is 0 Å². The molecule has 0 fully saturated rings. The Morgan fingerprint density at radius 2 is 1.79 bits per heavy atom. The minimum Gasteiger partial charge on any atom is -0.482 e. The van der Waals surface area contributed by atoms with Crippen LogP contribution >= 0.6 is 0 Å². The summed E-state index contributed by atoms with van der Waals surface area (Å²) in [5, 5.41) is 9.54. The van der Waals surface area contributed by atoms with E-state index in [1.807, 2.05) is 30.3 Å². The van der Waals surface area contributed by atoms with Gasteiger partial charge in [-0.15, -0.1) is 0 Å². The number of benzene rings is 2. The lowest BCUT2D eigenvalue weighted by molar-refractivity contribution is -0.146. The summed E-state index contributed by atoms with van der Waals surface area (Å²) in [5.41, 5.74) is 1.22. The van der Waals surface area contributed by atoms with Crippen LogP contribution in [-0.2, 0) is 20.7 Å². The molecule has 1 N–H and O–H groups in total. The topological polar surface area (TPSA) is 99.1 Å². The molecule has 0 aliphatic heterocycles. The molecule has 0 aliphatic carbocycles. The molecule has 0 aromatic heterocycles. The highest BCUT2D eigenvalue weighted by Crippen LogP contribution is 2.27. The van der Waals surface area contributed by atoms with E-state index in [2.05, 4.69) is 0 Å². The van der Waals surface area contributed by atoms with Gasteiger partial charge in [-0.25, -0.2) is 9.59 Å². The fraction of sp³-hybridized carbons (Fsp3) is 0.318. The molecule has 0 bridgehead atoms. The summed E-state index contributed by atoms with van der Waals surface area (Å²) >= 11 is 0. The normalized spacial score (nSPS) is 11.4. The lowest BCUT2D eigenvalue weighted by atomic mass is 10.1. The van der Waals surface area contributed by atoms with E-state index in [9.17, 15) is 19.5 Å². The van der Waals surface area contributed by atoms with Crippen molar-refractivity contribution in [1.29, 1.82) is 0 Å². The molecule has 0 saturated carbocycles. The van der Waals surface area contributed by atoms with Gasteiger partial charge in [0.2, 0.25) is 0 Å². The molecule has 7 nitrogen and oxygen atoms in total. The SMILES string of the molecule is CCOC(=O)COc1ccc(C(C)=O)c(OC(CCc2ccccc2)C(=O)O)c1. The second-order valence-corrected chi connectivity index (χ2v) is 6.28. The minimum atomic E-state index is -1.14. The second-order valence-electron chi connectivity index (χ2n) is 6.28. The minimum absolute atomic E-state index is 0.0966. The number of hydrogen-bond donors (Lipinski definition) is 1. The number of carbonyl (C=O) groups excluding carboxylic acids is 2. The van der Waals surface area contributed by atoms with Crippen molar-refractivity contribution < 1.29 is 33.7 Å². The maximum absolute atomic E-state index is 11.9. The number of Topliss-reactive ketones (excluding diaryl/α,β-unsaturated/α-hetero) is 1. The Bertz CT molecular complexity index is 845. The summed E-state index contributed by atoms with van der Waals surface area (Å²) in [6.45, 7) is 2.98. The summed E-state index contributed by atoms with van der Waals surface area (Å²) in [7, 11) is 0. The van der Waals surface area contributed by atoms with Crippen LogP contribution in [0.15, 0.2) is 48.5 Å². The summed E-state index contributed by atoms with van der Waals surface area (Å²) in [5.74, 6) is -1.57. The summed E-state index contributed by atoms with van der Waals surface area (Å²) < 4.78 is 15.8. The number of esters is 1. The van der Waals surface area contributed by atoms with Gasteiger partial charge in [0.15, 0.2) is 18.5 Å². The van der Waals surface area contributed by atoms with Gasteiger partial charge in [-0.05, 0) is 44.4 Å². The van der Waals surface area contributed by atoms with Crippen LogP contribution in [-0.4, -0.2) is 42.1 Å². The first-order valence-corrected chi connectivity index (χ1v) is 9.27. The third-order valence-corrected chi connectivity index (χ3v) is 4.08. The van der Waals surface area contributed by atoms with Crippen LogP contribution in [0.1, 0.15) is 36.2 Å². The standard InChI is InChI=1S/C22H24O7/c1-3-27-21(24)14-28-17-10-11-18(15(2)23)20(13-17)29-19(22(25)26)12-9-16-7-5-4-6-8-16/h4-8,10-11,13,19H,3,9,12,14H2,1-2H3,(H,25,26). The highest BCUT2D eigenvalue weighted by molar-refractivity contribution is 5.97. The zero-order valence-corrected chi connectivity index (χ0v) is 16.4.